The van der Waals surface area contributed by atoms with Crippen molar-refractivity contribution >= 4 is 11.6 Å². The van der Waals surface area contributed by atoms with Gasteiger partial charge in [0.15, 0.2) is 0 Å². The second-order valence-corrected chi connectivity index (χ2v) is 7.07. The monoisotopic (exact) mass is 313 g/mol. The molecule has 0 aromatic heterocycles. The Labute approximate surface area is 131 Å². The van der Waals surface area contributed by atoms with Crippen LogP contribution in [0, 0.1) is 17.7 Å². The van der Waals surface area contributed by atoms with E-state index in [4.69, 9.17) is 11.6 Å². The third-order valence-electron chi connectivity index (χ3n) is 4.86. The standard InChI is InChI=1S/C17H25ClFNO/c1-12-6-4-7-13(11-20(2)3)17(12,21)10-14-15(18)8-5-9-16(14)19/h5,8-9,12-13,21H,4,6-7,10-11H2,1-3H3. The summed E-state index contributed by atoms with van der Waals surface area (Å²) in [5.41, 5.74) is -0.451. The summed E-state index contributed by atoms with van der Waals surface area (Å²) in [6.07, 6.45) is 3.36. The smallest absolute Gasteiger partial charge is 0.127 e. The van der Waals surface area contributed by atoms with Gasteiger partial charge in [-0.2, -0.15) is 0 Å². The molecule has 118 valence electrons. The fraction of sp³-hybridized carbons (Fsp3) is 0.647. The van der Waals surface area contributed by atoms with E-state index in [1.165, 1.54) is 6.07 Å². The molecule has 1 aromatic carbocycles. The van der Waals surface area contributed by atoms with Gasteiger partial charge in [-0.3, -0.25) is 0 Å². The van der Waals surface area contributed by atoms with E-state index in [9.17, 15) is 9.50 Å². The van der Waals surface area contributed by atoms with Crippen molar-refractivity contribution < 1.29 is 9.50 Å². The van der Waals surface area contributed by atoms with E-state index >= 15 is 0 Å². The van der Waals surface area contributed by atoms with Crippen LogP contribution >= 0.6 is 11.6 Å². The van der Waals surface area contributed by atoms with Crippen LogP contribution in [0.5, 0.6) is 0 Å². The number of nitrogens with zero attached hydrogens (tertiary/aromatic N) is 1. The number of aliphatic hydroxyl groups is 1. The molecule has 21 heavy (non-hydrogen) atoms. The first-order valence-corrected chi connectivity index (χ1v) is 8.02. The van der Waals surface area contributed by atoms with Crippen LogP contribution in [-0.2, 0) is 6.42 Å². The Balaban J connectivity index is 2.31. The maximum absolute atomic E-state index is 14.1. The van der Waals surface area contributed by atoms with E-state index < -0.39 is 5.60 Å². The first kappa shape index (κ1) is 16.7. The van der Waals surface area contributed by atoms with Gasteiger partial charge in [0.1, 0.15) is 5.82 Å². The van der Waals surface area contributed by atoms with Crippen molar-refractivity contribution in [2.75, 3.05) is 20.6 Å². The lowest BCUT2D eigenvalue weighted by atomic mass is 9.66. The SMILES string of the molecule is CC1CCCC(CN(C)C)C1(O)Cc1c(F)cccc1Cl. The number of hydrogen-bond acceptors (Lipinski definition) is 2. The van der Waals surface area contributed by atoms with Crippen LogP contribution < -0.4 is 0 Å². The van der Waals surface area contributed by atoms with Crippen molar-refractivity contribution in [2.24, 2.45) is 11.8 Å². The third kappa shape index (κ3) is 3.58. The molecule has 2 rings (SSSR count). The molecule has 0 bridgehead atoms. The van der Waals surface area contributed by atoms with Gasteiger partial charge in [0.2, 0.25) is 0 Å². The molecular formula is C17H25ClFNO. The van der Waals surface area contributed by atoms with Crippen LogP contribution in [0.2, 0.25) is 5.02 Å². The lowest BCUT2D eigenvalue weighted by Gasteiger charge is -2.46. The van der Waals surface area contributed by atoms with Crippen molar-refractivity contribution in [1.29, 1.82) is 0 Å². The molecule has 1 aliphatic carbocycles. The predicted molar refractivity (Wildman–Crippen MR) is 85.1 cm³/mol. The lowest BCUT2D eigenvalue weighted by Crippen LogP contribution is -2.52. The van der Waals surface area contributed by atoms with Crippen LogP contribution in [0.15, 0.2) is 18.2 Å². The van der Waals surface area contributed by atoms with Gasteiger partial charge in [-0.25, -0.2) is 4.39 Å². The Bertz CT molecular complexity index is 473. The molecule has 0 amide bonds. The highest BCUT2D eigenvalue weighted by atomic mass is 35.5. The Hall–Kier alpha value is -0.640. The summed E-state index contributed by atoms with van der Waals surface area (Å²) in [5, 5.41) is 11.7. The quantitative estimate of drug-likeness (QED) is 0.915. The second kappa shape index (κ2) is 6.64. The van der Waals surface area contributed by atoms with Gasteiger partial charge in [-0.05, 0) is 45.0 Å². The minimum atomic E-state index is -0.894. The Morgan fingerprint density at radius 1 is 1.38 bits per heavy atom. The van der Waals surface area contributed by atoms with E-state index in [1.807, 2.05) is 14.1 Å². The molecule has 2 nitrogen and oxygen atoms in total. The van der Waals surface area contributed by atoms with Crippen molar-refractivity contribution in [1.82, 2.24) is 4.90 Å². The highest BCUT2D eigenvalue weighted by Crippen LogP contribution is 2.42. The van der Waals surface area contributed by atoms with E-state index in [0.717, 1.165) is 25.8 Å². The van der Waals surface area contributed by atoms with E-state index in [0.29, 0.717) is 10.6 Å². The lowest BCUT2D eigenvalue weighted by molar-refractivity contribution is -0.0943. The number of benzene rings is 1. The molecule has 1 aliphatic rings. The average Bonchev–Trinajstić information content (AvgIpc) is 2.40. The predicted octanol–water partition coefficient (Wildman–Crippen LogP) is 3.75. The fourth-order valence-electron chi connectivity index (χ4n) is 3.57. The number of hydrogen-bond donors (Lipinski definition) is 1. The average molecular weight is 314 g/mol. The van der Waals surface area contributed by atoms with Crippen LogP contribution in [-0.4, -0.2) is 36.2 Å². The summed E-state index contributed by atoms with van der Waals surface area (Å²) in [7, 11) is 4.02. The molecule has 1 saturated carbocycles. The van der Waals surface area contributed by atoms with Crippen LogP contribution in [0.3, 0.4) is 0 Å². The maximum Gasteiger partial charge on any atom is 0.127 e. The Kier molecular flexibility index (Phi) is 5.29. The minimum Gasteiger partial charge on any atom is -0.389 e. The molecule has 1 N–H and O–H groups in total. The zero-order valence-corrected chi connectivity index (χ0v) is 13.8. The number of halogens is 2. The Morgan fingerprint density at radius 3 is 2.71 bits per heavy atom. The molecule has 0 saturated heterocycles. The van der Waals surface area contributed by atoms with Crippen molar-refractivity contribution in [2.45, 2.75) is 38.2 Å². The van der Waals surface area contributed by atoms with Gasteiger partial charge in [0.05, 0.1) is 5.60 Å². The molecule has 0 radical (unpaired) electrons. The third-order valence-corrected chi connectivity index (χ3v) is 5.21. The summed E-state index contributed by atoms with van der Waals surface area (Å²) in [6, 6.07) is 4.71. The minimum absolute atomic E-state index is 0.145. The van der Waals surface area contributed by atoms with E-state index in [-0.39, 0.29) is 24.1 Å². The fourth-order valence-corrected chi connectivity index (χ4v) is 3.80. The molecule has 0 heterocycles. The molecule has 1 aromatic rings. The molecule has 4 heteroatoms. The normalized spacial score (nSPS) is 29.9. The first-order valence-electron chi connectivity index (χ1n) is 7.64. The zero-order chi connectivity index (χ0) is 15.6. The summed E-state index contributed by atoms with van der Waals surface area (Å²) < 4.78 is 14.1. The largest absolute Gasteiger partial charge is 0.389 e. The molecule has 3 atom stereocenters. The molecule has 1 fully saturated rings. The van der Waals surface area contributed by atoms with Gasteiger partial charge in [0, 0.05) is 29.5 Å². The van der Waals surface area contributed by atoms with Crippen molar-refractivity contribution in [3.63, 3.8) is 0 Å². The highest BCUT2D eigenvalue weighted by molar-refractivity contribution is 6.31. The van der Waals surface area contributed by atoms with E-state index in [1.54, 1.807) is 12.1 Å². The summed E-state index contributed by atoms with van der Waals surface area (Å²) in [6.45, 7) is 2.88. The van der Waals surface area contributed by atoms with E-state index in [2.05, 4.69) is 11.8 Å². The van der Waals surface area contributed by atoms with Gasteiger partial charge in [-0.1, -0.05) is 31.0 Å². The van der Waals surface area contributed by atoms with Crippen LogP contribution in [0.1, 0.15) is 31.7 Å². The first-order chi connectivity index (χ1) is 9.84. The van der Waals surface area contributed by atoms with Gasteiger partial charge >= 0.3 is 0 Å². The molecule has 0 spiro atoms. The highest BCUT2D eigenvalue weighted by Gasteiger charge is 2.44. The van der Waals surface area contributed by atoms with Gasteiger partial charge < -0.3 is 10.0 Å². The topological polar surface area (TPSA) is 23.5 Å². The molecule has 3 unspecified atom stereocenters. The van der Waals surface area contributed by atoms with Crippen LogP contribution in [0.4, 0.5) is 4.39 Å². The second-order valence-electron chi connectivity index (χ2n) is 6.66. The summed E-state index contributed by atoms with van der Waals surface area (Å²) >= 11 is 6.15. The maximum atomic E-state index is 14.1. The van der Waals surface area contributed by atoms with Crippen LogP contribution in [0.25, 0.3) is 0 Å². The van der Waals surface area contributed by atoms with Crippen molar-refractivity contribution in [3.05, 3.63) is 34.6 Å². The zero-order valence-electron chi connectivity index (χ0n) is 13.1. The summed E-state index contributed by atoms with van der Waals surface area (Å²) in [4.78, 5) is 2.09. The Morgan fingerprint density at radius 2 is 2.10 bits per heavy atom. The van der Waals surface area contributed by atoms with Gasteiger partial charge in [-0.15, -0.1) is 0 Å². The summed E-state index contributed by atoms with van der Waals surface area (Å²) in [5.74, 6) is -0.0314. The number of rotatable bonds is 4. The van der Waals surface area contributed by atoms with Crippen molar-refractivity contribution in [3.8, 4) is 0 Å². The molecule has 0 aliphatic heterocycles. The molecular weight excluding hydrogens is 289 g/mol. The van der Waals surface area contributed by atoms with Gasteiger partial charge in [0.25, 0.3) is 0 Å².